The molecule has 1 aromatic carbocycles. The van der Waals surface area contributed by atoms with Crippen LogP contribution in [0.15, 0.2) is 18.2 Å². The lowest BCUT2D eigenvalue weighted by Crippen LogP contribution is -2.35. The van der Waals surface area contributed by atoms with Crippen LogP contribution >= 0.6 is 34.2 Å². The number of halogens is 2. The molecule has 0 unspecified atom stereocenters. The summed E-state index contributed by atoms with van der Waals surface area (Å²) < 4.78 is 39.7. The van der Waals surface area contributed by atoms with Gasteiger partial charge in [-0.25, -0.2) is 8.42 Å². The van der Waals surface area contributed by atoms with E-state index in [4.69, 9.17) is 26.2 Å². The summed E-state index contributed by atoms with van der Waals surface area (Å²) in [4.78, 5) is 0. The van der Waals surface area contributed by atoms with E-state index in [-0.39, 0.29) is 6.29 Å². The Hall–Kier alpha value is -0.720. The molecule has 0 amide bonds. The standard InChI is InChI=1S/C18H21ClIN3O4S/c1-28(24,25)22-6-4-16-13(11-22)18(12-2-3-14(19)15(20)10-12)21-23(16)7-5-17-26-8-9-27-17/h2-3,10,17H,4-9,11H2,1H3. The van der Waals surface area contributed by atoms with Gasteiger partial charge in [-0.15, -0.1) is 0 Å². The van der Waals surface area contributed by atoms with E-state index in [1.807, 2.05) is 22.9 Å². The molecule has 2 aliphatic heterocycles. The van der Waals surface area contributed by atoms with Crippen molar-refractivity contribution in [2.24, 2.45) is 0 Å². The molecule has 2 aromatic rings. The van der Waals surface area contributed by atoms with Gasteiger partial charge in [0.15, 0.2) is 6.29 Å². The number of rotatable bonds is 5. The molecule has 0 bridgehead atoms. The molecule has 4 rings (SSSR count). The van der Waals surface area contributed by atoms with Gasteiger partial charge in [-0.2, -0.15) is 9.40 Å². The molecular formula is C18H21ClIN3O4S. The fourth-order valence-electron chi connectivity index (χ4n) is 3.61. The van der Waals surface area contributed by atoms with Gasteiger partial charge in [-0.05, 0) is 34.7 Å². The molecule has 0 radical (unpaired) electrons. The SMILES string of the molecule is CS(=O)(=O)N1CCc2c(c(-c3ccc(Cl)c(I)c3)nn2CCC2OCCO2)C1. The maximum atomic E-state index is 12.1. The first kappa shape index (κ1) is 20.5. The Morgan fingerprint density at radius 1 is 1.32 bits per heavy atom. The molecule has 152 valence electrons. The summed E-state index contributed by atoms with van der Waals surface area (Å²) in [5.41, 5.74) is 3.79. The Balaban J connectivity index is 1.70. The normalized spacial score (nSPS) is 18.5. The van der Waals surface area contributed by atoms with Crippen LogP contribution in [0.4, 0.5) is 0 Å². The summed E-state index contributed by atoms with van der Waals surface area (Å²) in [6, 6.07) is 5.76. The molecule has 0 N–H and O–H groups in total. The van der Waals surface area contributed by atoms with Crippen molar-refractivity contribution in [2.45, 2.75) is 32.2 Å². The lowest BCUT2D eigenvalue weighted by Gasteiger charge is -2.25. The monoisotopic (exact) mass is 537 g/mol. The molecular weight excluding hydrogens is 517 g/mol. The van der Waals surface area contributed by atoms with Gasteiger partial charge in [0, 0.05) is 52.9 Å². The fraction of sp³-hybridized carbons (Fsp3) is 0.500. The van der Waals surface area contributed by atoms with Crippen LogP contribution in [0.1, 0.15) is 17.7 Å². The topological polar surface area (TPSA) is 73.7 Å². The van der Waals surface area contributed by atoms with E-state index in [0.29, 0.717) is 50.7 Å². The summed E-state index contributed by atoms with van der Waals surface area (Å²) in [7, 11) is -3.26. The van der Waals surface area contributed by atoms with Crippen LogP contribution in [0.3, 0.4) is 0 Å². The number of ether oxygens (including phenoxy) is 2. The van der Waals surface area contributed by atoms with E-state index < -0.39 is 10.0 Å². The molecule has 0 spiro atoms. The zero-order valence-corrected chi connectivity index (χ0v) is 19.1. The third kappa shape index (κ3) is 4.24. The van der Waals surface area contributed by atoms with Gasteiger partial charge >= 0.3 is 0 Å². The number of fused-ring (bicyclic) bond motifs is 1. The minimum atomic E-state index is -3.26. The van der Waals surface area contributed by atoms with Gasteiger partial charge in [0.2, 0.25) is 10.0 Å². The average Bonchev–Trinajstić information content (AvgIpc) is 3.29. The van der Waals surface area contributed by atoms with Crippen LogP contribution in [0.5, 0.6) is 0 Å². The number of aromatic nitrogens is 2. The molecule has 0 atom stereocenters. The molecule has 1 fully saturated rings. The molecule has 1 aromatic heterocycles. The molecule has 7 nitrogen and oxygen atoms in total. The molecule has 28 heavy (non-hydrogen) atoms. The Morgan fingerprint density at radius 2 is 2.07 bits per heavy atom. The molecule has 10 heteroatoms. The second-order valence-electron chi connectivity index (χ2n) is 6.93. The quantitative estimate of drug-likeness (QED) is 0.549. The van der Waals surface area contributed by atoms with E-state index in [1.165, 1.54) is 10.6 Å². The lowest BCUT2D eigenvalue weighted by atomic mass is 10.0. The van der Waals surface area contributed by atoms with E-state index in [1.54, 1.807) is 0 Å². The predicted octanol–water partition coefficient (Wildman–Crippen LogP) is 2.89. The fourth-order valence-corrected chi connectivity index (χ4v) is 5.03. The number of benzene rings is 1. The summed E-state index contributed by atoms with van der Waals surface area (Å²) >= 11 is 8.37. The van der Waals surface area contributed by atoms with Crippen LogP contribution in [-0.2, 0) is 39.0 Å². The Kier molecular flexibility index (Phi) is 6.01. The third-order valence-electron chi connectivity index (χ3n) is 5.03. The van der Waals surface area contributed by atoms with Crippen molar-refractivity contribution in [2.75, 3.05) is 26.0 Å². The van der Waals surface area contributed by atoms with E-state index >= 15 is 0 Å². The van der Waals surface area contributed by atoms with Gasteiger partial charge in [-0.3, -0.25) is 4.68 Å². The minimum Gasteiger partial charge on any atom is -0.350 e. The van der Waals surface area contributed by atoms with Crippen LogP contribution in [0, 0.1) is 3.57 Å². The van der Waals surface area contributed by atoms with E-state index in [2.05, 4.69) is 22.6 Å². The number of hydrogen-bond acceptors (Lipinski definition) is 5. The van der Waals surface area contributed by atoms with Gasteiger partial charge in [0.05, 0.1) is 30.2 Å². The van der Waals surface area contributed by atoms with Crippen molar-refractivity contribution in [3.05, 3.63) is 38.0 Å². The molecule has 2 aliphatic rings. The smallest absolute Gasteiger partial charge is 0.211 e. The van der Waals surface area contributed by atoms with Crippen molar-refractivity contribution >= 4 is 44.2 Å². The summed E-state index contributed by atoms with van der Waals surface area (Å²) in [5, 5.41) is 5.53. The summed E-state index contributed by atoms with van der Waals surface area (Å²) in [5.74, 6) is 0. The van der Waals surface area contributed by atoms with Crippen molar-refractivity contribution in [1.29, 1.82) is 0 Å². The first-order chi connectivity index (χ1) is 13.3. The van der Waals surface area contributed by atoms with Crippen LogP contribution in [0.25, 0.3) is 11.3 Å². The highest BCUT2D eigenvalue weighted by Gasteiger charge is 2.30. The second kappa shape index (κ2) is 8.19. The Labute approximate surface area is 183 Å². The number of aryl methyl sites for hydroxylation is 1. The maximum absolute atomic E-state index is 12.1. The molecule has 1 saturated heterocycles. The summed E-state index contributed by atoms with van der Waals surface area (Å²) in [6.45, 7) is 2.71. The summed E-state index contributed by atoms with van der Waals surface area (Å²) in [6.07, 6.45) is 2.40. The highest BCUT2D eigenvalue weighted by Crippen LogP contribution is 2.33. The maximum Gasteiger partial charge on any atom is 0.211 e. The second-order valence-corrected chi connectivity index (χ2v) is 10.5. The third-order valence-corrected chi connectivity index (χ3v) is 7.82. The van der Waals surface area contributed by atoms with Crippen molar-refractivity contribution in [3.63, 3.8) is 0 Å². The lowest BCUT2D eigenvalue weighted by molar-refractivity contribution is -0.0497. The zero-order chi connectivity index (χ0) is 19.9. The van der Waals surface area contributed by atoms with Crippen molar-refractivity contribution in [3.8, 4) is 11.3 Å². The number of sulfonamides is 1. The highest BCUT2D eigenvalue weighted by atomic mass is 127. The Bertz CT molecular complexity index is 989. The minimum absolute atomic E-state index is 0.198. The number of nitrogens with zero attached hydrogens (tertiary/aromatic N) is 3. The van der Waals surface area contributed by atoms with E-state index in [9.17, 15) is 8.42 Å². The van der Waals surface area contributed by atoms with Gasteiger partial charge in [0.25, 0.3) is 0 Å². The average molecular weight is 538 g/mol. The van der Waals surface area contributed by atoms with Gasteiger partial charge in [0.1, 0.15) is 0 Å². The molecule has 3 heterocycles. The van der Waals surface area contributed by atoms with Crippen LogP contribution < -0.4 is 0 Å². The first-order valence-corrected chi connectivity index (χ1v) is 12.4. The first-order valence-electron chi connectivity index (χ1n) is 9.05. The van der Waals surface area contributed by atoms with Crippen LogP contribution in [-0.4, -0.2) is 54.8 Å². The molecule has 0 saturated carbocycles. The van der Waals surface area contributed by atoms with Gasteiger partial charge < -0.3 is 9.47 Å². The Morgan fingerprint density at radius 3 is 2.75 bits per heavy atom. The van der Waals surface area contributed by atoms with Crippen molar-refractivity contribution in [1.82, 2.24) is 14.1 Å². The van der Waals surface area contributed by atoms with Crippen molar-refractivity contribution < 1.29 is 17.9 Å². The van der Waals surface area contributed by atoms with Crippen LogP contribution in [0.2, 0.25) is 5.02 Å². The predicted molar refractivity (Wildman–Crippen MR) is 115 cm³/mol. The number of hydrogen-bond donors (Lipinski definition) is 0. The van der Waals surface area contributed by atoms with E-state index in [0.717, 1.165) is 26.1 Å². The molecule has 0 aliphatic carbocycles. The highest BCUT2D eigenvalue weighted by molar-refractivity contribution is 14.1. The zero-order valence-electron chi connectivity index (χ0n) is 15.4. The largest absolute Gasteiger partial charge is 0.350 e. The van der Waals surface area contributed by atoms with Gasteiger partial charge in [-0.1, -0.05) is 17.7 Å².